The van der Waals surface area contributed by atoms with E-state index in [1.54, 1.807) is 31.6 Å². The average molecular weight is 356 g/mol. The first kappa shape index (κ1) is 18.1. The Morgan fingerprint density at radius 2 is 2.12 bits per heavy atom. The number of carbonyl (C=O) groups excluding carboxylic acids is 1. The highest BCUT2D eigenvalue weighted by molar-refractivity contribution is 5.96. The lowest BCUT2D eigenvalue weighted by molar-refractivity contribution is 0.0262. The number of aromatic nitrogens is 2. The number of likely N-dealkylation sites (N-methyl/N-ethyl adjacent to an activating group) is 1. The van der Waals surface area contributed by atoms with Crippen molar-refractivity contribution in [3.05, 3.63) is 48.3 Å². The third-order valence-corrected chi connectivity index (χ3v) is 4.47. The monoisotopic (exact) mass is 356 g/mol. The van der Waals surface area contributed by atoms with Crippen LogP contribution in [0.4, 0.5) is 5.82 Å². The Labute approximate surface area is 153 Å². The maximum atomic E-state index is 12.8. The molecule has 2 aromatic heterocycles. The van der Waals surface area contributed by atoms with Crippen LogP contribution in [0.2, 0.25) is 0 Å². The Hall–Kier alpha value is -2.67. The first-order valence-electron chi connectivity index (χ1n) is 8.74. The molecule has 0 aromatic carbocycles. The van der Waals surface area contributed by atoms with Gasteiger partial charge in [-0.25, -0.2) is 9.97 Å². The zero-order valence-electron chi connectivity index (χ0n) is 15.1. The van der Waals surface area contributed by atoms with Crippen LogP contribution in [0.15, 0.2) is 42.7 Å². The normalized spacial score (nSPS) is 19.4. The van der Waals surface area contributed by atoms with Crippen molar-refractivity contribution < 1.29 is 14.6 Å². The second-order valence-corrected chi connectivity index (χ2v) is 6.53. The summed E-state index contributed by atoms with van der Waals surface area (Å²) in [6.45, 7) is 3.65. The minimum atomic E-state index is -0.976. The van der Waals surface area contributed by atoms with Crippen molar-refractivity contribution in [3.63, 3.8) is 0 Å². The van der Waals surface area contributed by atoms with Gasteiger partial charge in [-0.1, -0.05) is 6.07 Å². The SMILES string of the molecule is CCOc1ncccc1C(=O)N(C)CC1(O)CCN(c2ccccn2)C1. The van der Waals surface area contributed by atoms with Crippen LogP contribution in [0.5, 0.6) is 5.88 Å². The molecule has 0 spiro atoms. The molecular weight excluding hydrogens is 332 g/mol. The predicted molar refractivity (Wildman–Crippen MR) is 98.4 cm³/mol. The van der Waals surface area contributed by atoms with Gasteiger partial charge < -0.3 is 19.6 Å². The van der Waals surface area contributed by atoms with Gasteiger partial charge in [-0.15, -0.1) is 0 Å². The maximum absolute atomic E-state index is 12.8. The van der Waals surface area contributed by atoms with Crippen molar-refractivity contribution in [3.8, 4) is 5.88 Å². The zero-order chi connectivity index (χ0) is 18.6. The average Bonchev–Trinajstić information content (AvgIpc) is 3.04. The molecule has 1 N–H and O–H groups in total. The van der Waals surface area contributed by atoms with Crippen LogP contribution in [-0.2, 0) is 0 Å². The van der Waals surface area contributed by atoms with Crippen LogP contribution in [0.25, 0.3) is 0 Å². The molecule has 7 heteroatoms. The van der Waals surface area contributed by atoms with Gasteiger partial charge in [-0.2, -0.15) is 0 Å². The van der Waals surface area contributed by atoms with E-state index < -0.39 is 5.60 Å². The molecule has 0 aliphatic carbocycles. The minimum Gasteiger partial charge on any atom is -0.477 e. The molecule has 3 rings (SSSR count). The van der Waals surface area contributed by atoms with Crippen LogP contribution in [0.3, 0.4) is 0 Å². The van der Waals surface area contributed by atoms with Gasteiger partial charge >= 0.3 is 0 Å². The van der Waals surface area contributed by atoms with Gasteiger partial charge in [-0.05, 0) is 37.6 Å². The van der Waals surface area contributed by atoms with Crippen molar-refractivity contribution in [1.82, 2.24) is 14.9 Å². The first-order chi connectivity index (χ1) is 12.5. The van der Waals surface area contributed by atoms with E-state index in [-0.39, 0.29) is 12.5 Å². The van der Waals surface area contributed by atoms with E-state index in [2.05, 4.69) is 9.97 Å². The second kappa shape index (κ2) is 7.70. The van der Waals surface area contributed by atoms with Crippen molar-refractivity contribution in [2.45, 2.75) is 18.9 Å². The third kappa shape index (κ3) is 3.94. The zero-order valence-corrected chi connectivity index (χ0v) is 15.1. The smallest absolute Gasteiger partial charge is 0.259 e. The van der Waals surface area contributed by atoms with E-state index in [0.717, 1.165) is 5.82 Å². The molecule has 1 unspecified atom stereocenters. The summed E-state index contributed by atoms with van der Waals surface area (Å²) in [7, 11) is 1.69. The molecule has 3 heterocycles. The van der Waals surface area contributed by atoms with Gasteiger partial charge in [0.2, 0.25) is 5.88 Å². The highest BCUT2D eigenvalue weighted by Crippen LogP contribution is 2.27. The quantitative estimate of drug-likeness (QED) is 0.847. The molecule has 1 aliphatic heterocycles. The standard InChI is InChI=1S/C19H24N4O3/c1-3-26-17-15(7-6-11-21-17)18(24)22(2)13-19(25)9-12-23(14-19)16-8-4-5-10-20-16/h4-8,10-11,25H,3,9,12-14H2,1-2H3. The molecule has 1 saturated heterocycles. The molecule has 0 bridgehead atoms. The molecule has 2 aromatic rings. The molecule has 1 amide bonds. The van der Waals surface area contributed by atoms with Crippen molar-refractivity contribution in [2.75, 3.05) is 38.2 Å². The second-order valence-electron chi connectivity index (χ2n) is 6.53. The van der Waals surface area contributed by atoms with Gasteiger partial charge in [0.25, 0.3) is 5.91 Å². The molecule has 7 nitrogen and oxygen atoms in total. The maximum Gasteiger partial charge on any atom is 0.259 e. The molecule has 1 aliphatic rings. The minimum absolute atomic E-state index is 0.216. The summed E-state index contributed by atoms with van der Waals surface area (Å²) in [4.78, 5) is 24.8. The van der Waals surface area contributed by atoms with Crippen LogP contribution in [0.1, 0.15) is 23.7 Å². The fraction of sp³-hybridized carbons (Fsp3) is 0.421. The van der Waals surface area contributed by atoms with Crippen LogP contribution in [-0.4, -0.2) is 64.8 Å². The lowest BCUT2D eigenvalue weighted by Crippen LogP contribution is -2.46. The van der Waals surface area contributed by atoms with E-state index in [4.69, 9.17) is 4.74 Å². The summed E-state index contributed by atoms with van der Waals surface area (Å²) >= 11 is 0. The molecule has 1 fully saturated rings. The van der Waals surface area contributed by atoms with Crippen molar-refractivity contribution >= 4 is 11.7 Å². The van der Waals surface area contributed by atoms with Gasteiger partial charge in [0.1, 0.15) is 17.0 Å². The number of carbonyl (C=O) groups is 1. The highest BCUT2D eigenvalue weighted by Gasteiger charge is 2.38. The summed E-state index contributed by atoms with van der Waals surface area (Å²) in [6, 6.07) is 9.10. The van der Waals surface area contributed by atoms with E-state index in [1.165, 1.54) is 4.90 Å². The van der Waals surface area contributed by atoms with Crippen molar-refractivity contribution in [2.24, 2.45) is 0 Å². The molecule has 1 atom stereocenters. The Morgan fingerprint density at radius 1 is 1.31 bits per heavy atom. The van der Waals surface area contributed by atoms with E-state index in [9.17, 15) is 9.90 Å². The van der Waals surface area contributed by atoms with Gasteiger partial charge in [0.05, 0.1) is 13.2 Å². The molecular formula is C19H24N4O3. The number of nitrogens with zero attached hydrogens (tertiary/aromatic N) is 4. The number of amides is 1. The highest BCUT2D eigenvalue weighted by atomic mass is 16.5. The van der Waals surface area contributed by atoms with Crippen LogP contribution < -0.4 is 9.64 Å². The summed E-state index contributed by atoms with van der Waals surface area (Å²) in [5.41, 5.74) is -0.573. The largest absolute Gasteiger partial charge is 0.477 e. The van der Waals surface area contributed by atoms with E-state index >= 15 is 0 Å². The Morgan fingerprint density at radius 3 is 2.85 bits per heavy atom. The number of ether oxygens (including phenoxy) is 1. The number of β-amino-alcohol motifs (C(OH)–C–C–N with tert-alkyl or cyclic N) is 1. The first-order valence-corrected chi connectivity index (χ1v) is 8.74. The molecule has 138 valence electrons. The van der Waals surface area contributed by atoms with Crippen LogP contribution >= 0.6 is 0 Å². The lowest BCUT2D eigenvalue weighted by atomic mass is 10.0. The lowest BCUT2D eigenvalue weighted by Gasteiger charge is -2.29. The fourth-order valence-electron chi connectivity index (χ4n) is 3.25. The van der Waals surface area contributed by atoms with E-state index in [0.29, 0.717) is 37.6 Å². The Balaban J connectivity index is 1.68. The summed E-state index contributed by atoms with van der Waals surface area (Å²) in [6.07, 6.45) is 3.91. The number of hydrogen-bond acceptors (Lipinski definition) is 6. The molecule has 0 radical (unpaired) electrons. The number of rotatable bonds is 6. The fourth-order valence-corrected chi connectivity index (χ4v) is 3.25. The van der Waals surface area contributed by atoms with Gasteiger partial charge in [0, 0.05) is 32.5 Å². The Bertz CT molecular complexity index is 755. The topological polar surface area (TPSA) is 78.8 Å². The number of anilines is 1. The summed E-state index contributed by atoms with van der Waals surface area (Å²) < 4.78 is 5.44. The predicted octanol–water partition coefficient (Wildman–Crippen LogP) is 1.59. The van der Waals surface area contributed by atoms with E-state index in [1.807, 2.05) is 30.0 Å². The number of pyridine rings is 2. The Kier molecular flexibility index (Phi) is 5.37. The third-order valence-electron chi connectivity index (χ3n) is 4.47. The van der Waals surface area contributed by atoms with Gasteiger partial charge in [-0.3, -0.25) is 4.79 Å². The summed E-state index contributed by atoms with van der Waals surface area (Å²) in [5.74, 6) is 0.940. The van der Waals surface area contributed by atoms with Crippen LogP contribution in [0, 0.1) is 0 Å². The molecule has 0 saturated carbocycles. The van der Waals surface area contributed by atoms with Gasteiger partial charge in [0.15, 0.2) is 0 Å². The molecule has 26 heavy (non-hydrogen) atoms. The van der Waals surface area contributed by atoms with Crippen molar-refractivity contribution in [1.29, 1.82) is 0 Å². The number of aliphatic hydroxyl groups is 1. The summed E-state index contributed by atoms with van der Waals surface area (Å²) in [5, 5.41) is 11.0. The number of hydrogen-bond donors (Lipinski definition) is 1.